The molecule has 5 heteroatoms. The van der Waals surface area contributed by atoms with Crippen LogP contribution in [0.1, 0.15) is 5.82 Å². The van der Waals surface area contributed by atoms with E-state index in [4.69, 9.17) is 5.26 Å². The average Bonchev–Trinajstić information content (AvgIpc) is 2.34. The minimum atomic E-state index is 0.244. The smallest absolute Gasteiger partial charge is 0.245 e. The molecule has 4 nitrogen and oxygen atoms in total. The summed E-state index contributed by atoms with van der Waals surface area (Å²) in [6, 6.07) is 1.86. The Kier molecular flexibility index (Phi) is 1.83. The van der Waals surface area contributed by atoms with Gasteiger partial charge in [0.15, 0.2) is 0 Å². The highest BCUT2D eigenvalue weighted by molar-refractivity contribution is 7.09. The number of nitriles is 1. The van der Waals surface area contributed by atoms with Gasteiger partial charge in [-0.25, -0.2) is 0 Å². The number of hydrogen-bond acceptors (Lipinski definition) is 5. The van der Waals surface area contributed by atoms with Crippen LogP contribution in [0.15, 0.2) is 0 Å². The minimum Gasteiger partial charge on any atom is -0.353 e. The van der Waals surface area contributed by atoms with Gasteiger partial charge in [-0.2, -0.15) is 14.6 Å². The van der Waals surface area contributed by atoms with Crippen molar-refractivity contribution in [2.24, 2.45) is 0 Å². The average molecular weight is 154 g/mol. The zero-order valence-electron chi connectivity index (χ0n) is 5.70. The van der Waals surface area contributed by atoms with Crippen molar-refractivity contribution in [3.63, 3.8) is 0 Å². The highest BCUT2D eigenvalue weighted by Crippen LogP contribution is 2.12. The summed E-state index contributed by atoms with van der Waals surface area (Å²) in [6.07, 6.45) is 0. The van der Waals surface area contributed by atoms with Gasteiger partial charge in [-0.05, 0) is 0 Å². The van der Waals surface area contributed by atoms with Crippen molar-refractivity contribution >= 4 is 16.7 Å². The molecule has 1 rings (SSSR count). The third-order valence-electron chi connectivity index (χ3n) is 0.898. The molecule has 0 aliphatic rings. The Bertz CT molecular complexity index is 259. The number of anilines is 1. The molecule has 0 bridgehead atoms. The van der Waals surface area contributed by atoms with Crippen LogP contribution in [-0.4, -0.2) is 23.5 Å². The fourth-order valence-corrected chi connectivity index (χ4v) is 0.983. The van der Waals surface area contributed by atoms with Crippen LogP contribution < -0.4 is 4.90 Å². The highest BCUT2D eigenvalue weighted by atomic mass is 32.1. The topological polar surface area (TPSA) is 52.8 Å². The molecular weight excluding hydrogens is 148 g/mol. The van der Waals surface area contributed by atoms with Gasteiger partial charge in [0.25, 0.3) is 0 Å². The quantitative estimate of drug-likeness (QED) is 0.590. The Labute approximate surface area is 62.9 Å². The second kappa shape index (κ2) is 2.62. The lowest BCUT2D eigenvalue weighted by Gasteiger charge is -2.03. The highest BCUT2D eigenvalue weighted by Gasteiger charge is 2.02. The molecule has 0 amide bonds. The van der Waals surface area contributed by atoms with Crippen molar-refractivity contribution in [3.8, 4) is 6.07 Å². The predicted octanol–water partition coefficient (Wildman–Crippen LogP) is 0.476. The number of hydrogen-bond donors (Lipinski definition) is 0. The van der Waals surface area contributed by atoms with Gasteiger partial charge < -0.3 is 4.90 Å². The van der Waals surface area contributed by atoms with Crippen molar-refractivity contribution in [1.82, 2.24) is 9.36 Å². The van der Waals surface area contributed by atoms with E-state index in [1.165, 1.54) is 11.5 Å². The van der Waals surface area contributed by atoms with Crippen molar-refractivity contribution in [2.75, 3.05) is 19.0 Å². The number of aromatic nitrogens is 2. The molecule has 0 N–H and O–H groups in total. The van der Waals surface area contributed by atoms with Gasteiger partial charge in [-0.1, -0.05) is 0 Å². The number of nitrogens with zero attached hydrogens (tertiary/aromatic N) is 4. The Morgan fingerprint density at radius 3 is 2.60 bits per heavy atom. The third kappa shape index (κ3) is 1.22. The molecule has 1 aromatic rings. The molecule has 0 saturated carbocycles. The fourth-order valence-electron chi connectivity index (χ4n) is 0.443. The van der Waals surface area contributed by atoms with Crippen molar-refractivity contribution in [2.45, 2.75) is 0 Å². The summed E-state index contributed by atoms with van der Waals surface area (Å²) in [7, 11) is 3.73. The lowest BCUT2D eigenvalue weighted by molar-refractivity contribution is 1.09. The van der Waals surface area contributed by atoms with Crippen LogP contribution in [0.2, 0.25) is 0 Å². The molecule has 0 unspecified atom stereocenters. The summed E-state index contributed by atoms with van der Waals surface area (Å²) in [5.74, 6) is 0.244. The lowest BCUT2D eigenvalue weighted by atomic mass is 10.7. The van der Waals surface area contributed by atoms with Gasteiger partial charge in [0.1, 0.15) is 6.07 Å². The van der Waals surface area contributed by atoms with Crippen molar-refractivity contribution < 1.29 is 0 Å². The molecule has 0 aliphatic carbocycles. The molecule has 0 fully saturated rings. The van der Waals surface area contributed by atoms with E-state index in [1.807, 2.05) is 25.1 Å². The molecule has 0 atom stereocenters. The fraction of sp³-hybridized carbons (Fsp3) is 0.400. The molecule has 0 saturated heterocycles. The van der Waals surface area contributed by atoms with Crippen LogP contribution in [-0.2, 0) is 0 Å². The van der Waals surface area contributed by atoms with Gasteiger partial charge in [0, 0.05) is 25.6 Å². The van der Waals surface area contributed by atoms with E-state index in [9.17, 15) is 0 Å². The van der Waals surface area contributed by atoms with Crippen LogP contribution in [0.5, 0.6) is 0 Å². The first-order valence-corrected chi connectivity index (χ1v) is 3.42. The van der Waals surface area contributed by atoms with Gasteiger partial charge >= 0.3 is 0 Å². The molecule has 1 heterocycles. The van der Waals surface area contributed by atoms with Crippen LogP contribution in [0, 0.1) is 11.3 Å². The summed E-state index contributed by atoms with van der Waals surface area (Å²) < 4.78 is 3.78. The maximum absolute atomic E-state index is 8.35. The van der Waals surface area contributed by atoms with Gasteiger partial charge in [-0.15, -0.1) is 0 Å². The molecular formula is C5H6N4S. The van der Waals surface area contributed by atoms with Gasteiger partial charge in [0.2, 0.25) is 11.0 Å². The Morgan fingerprint density at radius 2 is 2.30 bits per heavy atom. The standard InChI is InChI=1S/C5H6N4S/c1-9(2)5-7-4(3-6)8-10-5/h1-2H3. The maximum Gasteiger partial charge on any atom is 0.245 e. The zero-order valence-corrected chi connectivity index (χ0v) is 6.51. The maximum atomic E-state index is 8.35. The molecule has 1 aromatic heterocycles. The van der Waals surface area contributed by atoms with Crippen LogP contribution in [0.4, 0.5) is 5.13 Å². The Morgan fingerprint density at radius 1 is 1.60 bits per heavy atom. The van der Waals surface area contributed by atoms with E-state index in [-0.39, 0.29) is 5.82 Å². The first-order valence-electron chi connectivity index (χ1n) is 2.65. The van der Waals surface area contributed by atoms with E-state index >= 15 is 0 Å². The van der Waals surface area contributed by atoms with Gasteiger partial charge in [-0.3, -0.25) is 0 Å². The molecule has 0 spiro atoms. The van der Waals surface area contributed by atoms with Crippen LogP contribution in [0.3, 0.4) is 0 Å². The second-order valence-electron chi connectivity index (χ2n) is 1.91. The molecule has 52 valence electrons. The van der Waals surface area contributed by atoms with E-state index in [2.05, 4.69) is 9.36 Å². The van der Waals surface area contributed by atoms with Crippen LogP contribution in [0.25, 0.3) is 0 Å². The zero-order chi connectivity index (χ0) is 7.56. The molecule has 0 aromatic carbocycles. The van der Waals surface area contributed by atoms with E-state index in [0.717, 1.165) is 5.13 Å². The monoisotopic (exact) mass is 154 g/mol. The number of rotatable bonds is 1. The van der Waals surface area contributed by atoms with Crippen molar-refractivity contribution in [1.29, 1.82) is 5.26 Å². The van der Waals surface area contributed by atoms with E-state index < -0.39 is 0 Å². The summed E-state index contributed by atoms with van der Waals surface area (Å²) in [5, 5.41) is 9.11. The molecule has 0 aliphatic heterocycles. The minimum absolute atomic E-state index is 0.244. The SMILES string of the molecule is CN(C)c1nc(C#N)ns1. The first kappa shape index (κ1) is 6.96. The second-order valence-corrected chi connectivity index (χ2v) is 2.64. The lowest BCUT2D eigenvalue weighted by Crippen LogP contribution is -2.07. The Hall–Kier alpha value is -1.15. The third-order valence-corrected chi connectivity index (χ3v) is 1.78. The van der Waals surface area contributed by atoms with E-state index in [0.29, 0.717) is 0 Å². The summed E-state index contributed by atoms with van der Waals surface area (Å²) in [4.78, 5) is 5.72. The molecule has 10 heavy (non-hydrogen) atoms. The summed E-state index contributed by atoms with van der Waals surface area (Å²) in [5.41, 5.74) is 0. The van der Waals surface area contributed by atoms with Gasteiger partial charge in [0.05, 0.1) is 0 Å². The summed E-state index contributed by atoms with van der Waals surface area (Å²) in [6.45, 7) is 0. The van der Waals surface area contributed by atoms with E-state index in [1.54, 1.807) is 0 Å². The summed E-state index contributed by atoms with van der Waals surface area (Å²) >= 11 is 1.22. The predicted molar refractivity (Wildman–Crippen MR) is 39.0 cm³/mol. The van der Waals surface area contributed by atoms with Crippen LogP contribution >= 0.6 is 11.5 Å². The van der Waals surface area contributed by atoms with Crippen molar-refractivity contribution in [3.05, 3.63) is 5.82 Å². The molecule has 0 radical (unpaired) electrons. The first-order chi connectivity index (χ1) is 4.74. The largest absolute Gasteiger partial charge is 0.353 e. The Balaban J connectivity index is 2.91. The normalized spacial score (nSPS) is 8.90.